The minimum atomic E-state index is 0.368. The molecule has 0 radical (unpaired) electrons. The van der Waals surface area contributed by atoms with Gasteiger partial charge in [0.2, 0.25) is 0 Å². The number of nitrogens with zero attached hydrogens (tertiary/aromatic N) is 2. The zero-order valence-electron chi connectivity index (χ0n) is 18.0. The quantitative estimate of drug-likeness (QED) is 0.307. The zero-order chi connectivity index (χ0) is 19.2. The summed E-state index contributed by atoms with van der Waals surface area (Å²) in [5, 5.41) is 6.97. The first-order valence-corrected chi connectivity index (χ1v) is 11.5. The third-order valence-corrected chi connectivity index (χ3v) is 6.31. The molecule has 2 N–H and O–H groups in total. The number of hydrogen-bond acceptors (Lipinski definition) is 3. The number of ether oxygens (including phenoxy) is 1. The van der Waals surface area contributed by atoms with E-state index < -0.39 is 0 Å². The molecule has 0 amide bonds. The Morgan fingerprint density at radius 1 is 1.00 bits per heavy atom. The first kappa shape index (κ1) is 22.5. The summed E-state index contributed by atoms with van der Waals surface area (Å²) in [5.41, 5.74) is 0.368. The molecule has 2 fully saturated rings. The SMILES string of the molecule is CCNC(=NCC1(CCOC)CCCC1)NCCCCCN1CCCCC1. The third-order valence-electron chi connectivity index (χ3n) is 6.31. The third kappa shape index (κ3) is 8.82. The van der Waals surface area contributed by atoms with Crippen LogP contribution in [0.3, 0.4) is 0 Å². The van der Waals surface area contributed by atoms with Gasteiger partial charge in [-0.25, -0.2) is 0 Å². The lowest BCUT2D eigenvalue weighted by molar-refractivity contribution is 0.141. The summed E-state index contributed by atoms with van der Waals surface area (Å²) in [7, 11) is 1.81. The highest BCUT2D eigenvalue weighted by atomic mass is 16.5. The van der Waals surface area contributed by atoms with Crippen molar-refractivity contribution in [3.63, 3.8) is 0 Å². The maximum absolute atomic E-state index is 5.35. The van der Waals surface area contributed by atoms with E-state index in [1.54, 1.807) is 0 Å². The molecule has 0 bridgehead atoms. The van der Waals surface area contributed by atoms with Crippen LogP contribution in [0.15, 0.2) is 4.99 Å². The Morgan fingerprint density at radius 2 is 1.78 bits per heavy atom. The minimum absolute atomic E-state index is 0.368. The van der Waals surface area contributed by atoms with Crippen molar-refractivity contribution in [2.24, 2.45) is 10.4 Å². The van der Waals surface area contributed by atoms with Gasteiger partial charge in [0.1, 0.15) is 0 Å². The number of likely N-dealkylation sites (tertiary alicyclic amines) is 1. The Bertz CT molecular complexity index is 401. The van der Waals surface area contributed by atoms with E-state index in [0.717, 1.165) is 38.6 Å². The number of methoxy groups -OCH3 is 1. The van der Waals surface area contributed by atoms with Gasteiger partial charge in [-0.2, -0.15) is 0 Å². The fourth-order valence-corrected chi connectivity index (χ4v) is 4.55. The summed E-state index contributed by atoms with van der Waals surface area (Å²) in [6.07, 6.45) is 14.5. The molecule has 0 aromatic rings. The van der Waals surface area contributed by atoms with Crippen LogP contribution in [0.5, 0.6) is 0 Å². The molecule has 0 unspecified atom stereocenters. The maximum Gasteiger partial charge on any atom is 0.191 e. The molecule has 0 aromatic heterocycles. The van der Waals surface area contributed by atoms with Crippen molar-refractivity contribution in [2.45, 2.75) is 77.6 Å². The second-order valence-electron chi connectivity index (χ2n) is 8.53. The van der Waals surface area contributed by atoms with Gasteiger partial charge in [-0.1, -0.05) is 25.7 Å². The Hall–Kier alpha value is -0.810. The Kier molecular flexibility index (Phi) is 11.1. The molecule has 158 valence electrons. The van der Waals surface area contributed by atoms with Crippen LogP contribution >= 0.6 is 0 Å². The second-order valence-corrected chi connectivity index (χ2v) is 8.53. The van der Waals surface area contributed by atoms with Crippen LogP contribution in [-0.2, 0) is 4.74 Å². The van der Waals surface area contributed by atoms with Crippen LogP contribution in [0, 0.1) is 5.41 Å². The second kappa shape index (κ2) is 13.4. The van der Waals surface area contributed by atoms with Crippen LogP contribution in [0.1, 0.15) is 77.6 Å². The van der Waals surface area contributed by atoms with Crippen LogP contribution < -0.4 is 10.6 Å². The van der Waals surface area contributed by atoms with E-state index in [0.29, 0.717) is 5.41 Å². The van der Waals surface area contributed by atoms with Crippen molar-refractivity contribution < 1.29 is 4.74 Å². The standard InChI is InChI=1S/C22H44N4O/c1-3-23-21(25-20-22(14-19-27-2)12-6-7-13-22)24-15-8-4-9-16-26-17-10-5-11-18-26/h3-20H2,1-2H3,(H2,23,24,25). The molecule has 5 heteroatoms. The molecule has 27 heavy (non-hydrogen) atoms. The topological polar surface area (TPSA) is 48.9 Å². The van der Waals surface area contributed by atoms with Gasteiger partial charge in [-0.3, -0.25) is 4.99 Å². The van der Waals surface area contributed by atoms with Crippen LogP contribution in [0.4, 0.5) is 0 Å². The van der Waals surface area contributed by atoms with Gasteiger partial charge < -0.3 is 20.3 Å². The smallest absolute Gasteiger partial charge is 0.191 e. The van der Waals surface area contributed by atoms with Crippen LogP contribution in [0.2, 0.25) is 0 Å². The first-order valence-electron chi connectivity index (χ1n) is 11.5. The predicted octanol–water partition coefficient (Wildman–Crippen LogP) is 3.79. The number of hydrogen-bond donors (Lipinski definition) is 2. The molecule has 0 aromatic carbocycles. The molecule has 1 saturated carbocycles. The number of rotatable bonds is 12. The van der Waals surface area contributed by atoms with Crippen LogP contribution in [0.25, 0.3) is 0 Å². The number of aliphatic imine (C=N–C) groups is 1. The van der Waals surface area contributed by atoms with Crippen LogP contribution in [-0.4, -0.2) is 63.8 Å². The Labute approximate surface area is 167 Å². The lowest BCUT2D eigenvalue weighted by atomic mass is 9.83. The van der Waals surface area contributed by atoms with Gasteiger partial charge in [0.15, 0.2) is 5.96 Å². The molecular formula is C22H44N4O. The lowest BCUT2D eigenvalue weighted by Crippen LogP contribution is -2.39. The molecule has 0 spiro atoms. The average molecular weight is 381 g/mol. The fourth-order valence-electron chi connectivity index (χ4n) is 4.55. The van der Waals surface area contributed by atoms with Gasteiger partial charge in [0, 0.05) is 33.4 Å². The zero-order valence-corrected chi connectivity index (χ0v) is 18.0. The summed E-state index contributed by atoms with van der Waals surface area (Å²) in [4.78, 5) is 7.58. The maximum atomic E-state index is 5.35. The molecule has 5 nitrogen and oxygen atoms in total. The monoisotopic (exact) mass is 380 g/mol. The van der Waals surface area contributed by atoms with Gasteiger partial charge in [0.25, 0.3) is 0 Å². The summed E-state index contributed by atoms with van der Waals surface area (Å²) in [6.45, 7) is 9.81. The molecular weight excluding hydrogens is 336 g/mol. The first-order chi connectivity index (χ1) is 13.3. The van der Waals surface area contributed by atoms with Crippen molar-refractivity contribution >= 4 is 5.96 Å². The van der Waals surface area contributed by atoms with Crippen molar-refractivity contribution in [1.82, 2.24) is 15.5 Å². The van der Waals surface area contributed by atoms with E-state index in [2.05, 4.69) is 22.5 Å². The number of guanidine groups is 1. The van der Waals surface area contributed by atoms with Crippen molar-refractivity contribution in [3.8, 4) is 0 Å². The van der Waals surface area contributed by atoms with E-state index >= 15 is 0 Å². The molecule has 1 aliphatic carbocycles. The Morgan fingerprint density at radius 3 is 2.48 bits per heavy atom. The van der Waals surface area contributed by atoms with E-state index in [1.165, 1.54) is 83.8 Å². The van der Waals surface area contributed by atoms with Crippen molar-refractivity contribution in [1.29, 1.82) is 0 Å². The summed E-state index contributed by atoms with van der Waals surface area (Å²) < 4.78 is 5.35. The van der Waals surface area contributed by atoms with E-state index in [4.69, 9.17) is 9.73 Å². The predicted molar refractivity (Wildman–Crippen MR) is 116 cm³/mol. The molecule has 2 aliphatic rings. The van der Waals surface area contributed by atoms with E-state index in [-0.39, 0.29) is 0 Å². The van der Waals surface area contributed by atoms with E-state index in [9.17, 15) is 0 Å². The average Bonchev–Trinajstić information content (AvgIpc) is 3.17. The van der Waals surface area contributed by atoms with Crippen molar-refractivity contribution in [3.05, 3.63) is 0 Å². The highest BCUT2D eigenvalue weighted by Gasteiger charge is 2.33. The highest BCUT2D eigenvalue weighted by molar-refractivity contribution is 5.79. The summed E-state index contributed by atoms with van der Waals surface area (Å²) in [5.74, 6) is 0.997. The molecule has 1 aliphatic heterocycles. The molecule has 0 atom stereocenters. The molecule has 2 rings (SSSR count). The van der Waals surface area contributed by atoms with Gasteiger partial charge in [0.05, 0.1) is 0 Å². The fraction of sp³-hybridized carbons (Fsp3) is 0.955. The summed E-state index contributed by atoms with van der Waals surface area (Å²) in [6, 6.07) is 0. The minimum Gasteiger partial charge on any atom is -0.385 e. The number of unbranched alkanes of at least 4 members (excludes halogenated alkanes) is 2. The normalized spacial score (nSPS) is 20.7. The number of piperidine rings is 1. The highest BCUT2D eigenvalue weighted by Crippen LogP contribution is 2.41. The van der Waals surface area contributed by atoms with Gasteiger partial charge >= 0.3 is 0 Å². The lowest BCUT2D eigenvalue weighted by Gasteiger charge is -2.27. The Balaban J connectivity index is 1.65. The molecule has 1 saturated heterocycles. The van der Waals surface area contributed by atoms with E-state index in [1.807, 2.05) is 7.11 Å². The van der Waals surface area contributed by atoms with Gasteiger partial charge in [-0.15, -0.1) is 0 Å². The van der Waals surface area contributed by atoms with Gasteiger partial charge in [-0.05, 0) is 76.9 Å². The van der Waals surface area contributed by atoms with Crippen molar-refractivity contribution in [2.75, 3.05) is 53.0 Å². The largest absolute Gasteiger partial charge is 0.385 e. The number of nitrogens with one attached hydrogen (secondary N) is 2. The molecule has 1 heterocycles. The summed E-state index contributed by atoms with van der Waals surface area (Å²) >= 11 is 0.